The van der Waals surface area contributed by atoms with E-state index in [4.69, 9.17) is 9.47 Å². The molecule has 1 aliphatic carbocycles. The van der Waals surface area contributed by atoms with Crippen LogP contribution < -0.4 is 15.4 Å². The zero-order valence-electron chi connectivity index (χ0n) is 15.6. The number of hydrogen-bond donors (Lipinski definition) is 2. The third-order valence-electron chi connectivity index (χ3n) is 3.60. The highest BCUT2D eigenvalue weighted by molar-refractivity contribution is 14.0. The van der Waals surface area contributed by atoms with E-state index in [0.29, 0.717) is 0 Å². The molecule has 0 amide bonds. The van der Waals surface area contributed by atoms with Gasteiger partial charge in [0.05, 0.1) is 6.10 Å². The number of nitrogens with one attached hydrogen (secondary N) is 2. The molecule has 1 saturated carbocycles. The smallest absolute Gasteiger partial charge is 0.195 e. The lowest BCUT2D eigenvalue weighted by atomic mass is 10.3. The molecular formula is C19H32IN3O2. The fraction of sp³-hybridized carbons (Fsp3) is 0.632. The van der Waals surface area contributed by atoms with Gasteiger partial charge in [-0.25, -0.2) is 0 Å². The summed E-state index contributed by atoms with van der Waals surface area (Å²) in [5.74, 6) is 2.51. The molecule has 0 aliphatic heterocycles. The number of rotatable bonds is 10. The maximum Gasteiger partial charge on any atom is 0.195 e. The summed E-state index contributed by atoms with van der Waals surface area (Å²) in [6, 6.07) is 7.95. The molecule has 1 aromatic carbocycles. The van der Waals surface area contributed by atoms with Gasteiger partial charge in [0.15, 0.2) is 5.96 Å². The Morgan fingerprint density at radius 1 is 1.24 bits per heavy atom. The number of aliphatic imine (C=N–C) groups is 1. The normalized spacial score (nSPS) is 14.2. The third kappa shape index (κ3) is 9.89. The van der Waals surface area contributed by atoms with Gasteiger partial charge in [-0.05, 0) is 70.2 Å². The zero-order valence-corrected chi connectivity index (χ0v) is 17.9. The van der Waals surface area contributed by atoms with E-state index in [0.717, 1.165) is 56.0 Å². The van der Waals surface area contributed by atoms with Crippen LogP contribution in [0.15, 0.2) is 29.3 Å². The van der Waals surface area contributed by atoms with E-state index < -0.39 is 0 Å². The number of ether oxygens (including phenoxy) is 2. The number of halogens is 1. The van der Waals surface area contributed by atoms with Crippen LogP contribution in [0, 0.1) is 5.92 Å². The summed E-state index contributed by atoms with van der Waals surface area (Å²) in [6.07, 6.45) is 3.82. The third-order valence-corrected chi connectivity index (χ3v) is 3.60. The summed E-state index contributed by atoms with van der Waals surface area (Å²) in [4.78, 5) is 4.60. The second-order valence-corrected chi connectivity index (χ2v) is 6.45. The molecule has 5 nitrogen and oxygen atoms in total. The first-order chi connectivity index (χ1) is 11.7. The highest BCUT2D eigenvalue weighted by atomic mass is 127. The van der Waals surface area contributed by atoms with Crippen LogP contribution in [-0.2, 0) is 4.74 Å². The molecule has 0 spiro atoms. The van der Waals surface area contributed by atoms with E-state index in [2.05, 4.69) is 22.5 Å². The lowest BCUT2D eigenvalue weighted by Crippen LogP contribution is -2.30. The first-order valence-electron chi connectivity index (χ1n) is 9.07. The van der Waals surface area contributed by atoms with E-state index in [9.17, 15) is 0 Å². The van der Waals surface area contributed by atoms with Gasteiger partial charge in [-0.15, -0.1) is 24.0 Å². The molecule has 0 radical (unpaired) electrons. The van der Waals surface area contributed by atoms with Crippen LogP contribution in [-0.4, -0.2) is 38.4 Å². The quantitative estimate of drug-likeness (QED) is 0.236. The Labute approximate surface area is 169 Å². The van der Waals surface area contributed by atoms with Crippen molar-refractivity contribution in [2.45, 2.75) is 46.1 Å². The summed E-state index contributed by atoms with van der Waals surface area (Å²) in [7, 11) is 0. The highest BCUT2D eigenvalue weighted by Crippen LogP contribution is 2.28. The van der Waals surface area contributed by atoms with E-state index in [1.165, 1.54) is 12.8 Å². The minimum absolute atomic E-state index is 0. The van der Waals surface area contributed by atoms with Crippen molar-refractivity contribution in [2.75, 3.05) is 31.6 Å². The second kappa shape index (κ2) is 12.4. The summed E-state index contributed by atoms with van der Waals surface area (Å²) in [5.41, 5.74) is 0.996. The molecule has 2 rings (SSSR count). The topological polar surface area (TPSA) is 54.9 Å². The van der Waals surface area contributed by atoms with Crippen LogP contribution >= 0.6 is 24.0 Å². The van der Waals surface area contributed by atoms with Crippen molar-refractivity contribution >= 4 is 35.6 Å². The maximum absolute atomic E-state index is 5.66. The second-order valence-electron chi connectivity index (χ2n) is 6.45. The van der Waals surface area contributed by atoms with Crippen LogP contribution in [0.3, 0.4) is 0 Å². The van der Waals surface area contributed by atoms with Gasteiger partial charge >= 0.3 is 0 Å². The van der Waals surface area contributed by atoms with Crippen LogP contribution in [0.25, 0.3) is 0 Å². The van der Waals surface area contributed by atoms with Crippen LogP contribution in [0.4, 0.5) is 5.69 Å². The van der Waals surface area contributed by atoms with Crippen molar-refractivity contribution in [3.63, 3.8) is 0 Å². The maximum atomic E-state index is 5.66. The molecule has 142 valence electrons. The molecule has 0 heterocycles. The van der Waals surface area contributed by atoms with Gasteiger partial charge in [0, 0.05) is 32.0 Å². The summed E-state index contributed by atoms with van der Waals surface area (Å²) >= 11 is 0. The molecule has 0 atom stereocenters. The summed E-state index contributed by atoms with van der Waals surface area (Å²) in [6.45, 7) is 9.42. The Morgan fingerprint density at radius 2 is 1.96 bits per heavy atom. The van der Waals surface area contributed by atoms with E-state index in [-0.39, 0.29) is 30.1 Å². The molecule has 0 unspecified atom stereocenters. The Kier molecular flexibility index (Phi) is 10.9. The van der Waals surface area contributed by atoms with Gasteiger partial charge in [0.1, 0.15) is 5.75 Å². The van der Waals surface area contributed by atoms with Crippen molar-refractivity contribution < 1.29 is 9.47 Å². The Hall–Kier alpha value is -1.02. The van der Waals surface area contributed by atoms with Crippen molar-refractivity contribution in [2.24, 2.45) is 10.9 Å². The molecule has 1 aromatic rings. The minimum atomic E-state index is 0. The van der Waals surface area contributed by atoms with Crippen molar-refractivity contribution in [1.82, 2.24) is 5.32 Å². The predicted molar refractivity (Wildman–Crippen MR) is 115 cm³/mol. The predicted octanol–water partition coefficient (Wildman–Crippen LogP) is 4.29. The Bertz CT molecular complexity index is 502. The van der Waals surface area contributed by atoms with Gasteiger partial charge in [0.25, 0.3) is 0 Å². The molecule has 0 saturated heterocycles. The zero-order chi connectivity index (χ0) is 17.2. The van der Waals surface area contributed by atoms with Crippen LogP contribution in [0.1, 0.15) is 40.0 Å². The molecule has 2 N–H and O–H groups in total. The van der Waals surface area contributed by atoms with Crippen LogP contribution in [0.2, 0.25) is 0 Å². The largest absolute Gasteiger partial charge is 0.491 e. The average molecular weight is 461 g/mol. The summed E-state index contributed by atoms with van der Waals surface area (Å²) < 4.78 is 11.3. The SMILES string of the molecule is CCNC(=NCCCOCC1CC1)Nc1ccc(OC(C)C)cc1.I. The molecule has 1 aliphatic rings. The van der Waals surface area contributed by atoms with E-state index in [1.807, 2.05) is 38.1 Å². The van der Waals surface area contributed by atoms with E-state index in [1.54, 1.807) is 0 Å². The fourth-order valence-electron chi connectivity index (χ4n) is 2.22. The van der Waals surface area contributed by atoms with Crippen molar-refractivity contribution in [3.05, 3.63) is 24.3 Å². The van der Waals surface area contributed by atoms with Gasteiger partial charge in [-0.1, -0.05) is 0 Å². The Morgan fingerprint density at radius 3 is 2.56 bits per heavy atom. The van der Waals surface area contributed by atoms with Gasteiger partial charge < -0.3 is 20.1 Å². The first-order valence-corrected chi connectivity index (χ1v) is 9.07. The molecule has 25 heavy (non-hydrogen) atoms. The molecule has 0 aromatic heterocycles. The molecule has 1 fully saturated rings. The minimum Gasteiger partial charge on any atom is -0.491 e. The molecular weight excluding hydrogens is 429 g/mol. The van der Waals surface area contributed by atoms with Crippen molar-refractivity contribution in [3.8, 4) is 5.75 Å². The Balaban J connectivity index is 0.00000312. The number of guanidine groups is 1. The number of anilines is 1. The number of benzene rings is 1. The summed E-state index contributed by atoms with van der Waals surface area (Å²) in [5, 5.41) is 6.59. The number of hydrogen-bond acceptors (Lipinski definition) is 3. The highest BCUT2D eigenvalue weighted by Gasteiger charge is 2.20. The first kappa shape index (κ1) is 22.0. The number of nitrogens with zero attached hydrogens (tertiary/aromatic N) is 1. The lowest BCUT2D eigenvalue weighted by molar-refractivity contribution is 0.123. The van der Waals surface area contributed by atoms with Gasteiger partial charge in [-0.2, -0.15) is 0 Å². The van der Waals surface area contributed by atoms with Crippen LogP contribution in [0.5, 0.6) is 5.75 Å². The van der Waals surface area contributed by atoms with Gasteiger partial charge in [0.2, 0.25) is 0 Å². The average Bonchev–Trinajstić information content (AvgIpc) is 3.36. The molecule has 0 bridgehead atoms. The molecule has 6 heteroatoms. The van der Waals surface area contributed by atoms with Crippen molar-refractivity contribution in [1.29, 1.82) is 0 Å². The van der Waals surface area contributed by atoms with Gasteiger partial charge in [-0.3, -0.25) is 4.99 Å². The lowest BCUT2D eigenvalue weighted by Gasteiger charge is -2.13. The fourth-order valence-corrected chi connectivity index (χ4v) is 2.22. The van der Waals surface area contributed by atoms with E-state index >= 15 is 0 Å². The standard InChI is InChI=1S/C19H31N3O2.HI/c1-4-20-19(21-12-5-13-23-14-16-6-7-16)22-17-8-10-18(11-9-17)24-15(2)3;/h8-11,15-16H,4-7,12-14H2,1-3H3,(H2,20,21,22);1H. The monoisotopic (exact) mass is 461 g/mol.